The van der Waals surface area contributed by atoms with E-state index in [0.717, 1.165) is 44.1 Å². The third kappa shape index (κ3) is 5.60. The molecule has 1 heterocycles. The first kappa shape index (κ1) is 24.2. The first-order valence-electron chi connectivity index (χ1n) is 11.9. The normalized spacial score (nSPS) is 11.2. The molecule has 0 saturated heterocycles. The minimum atomic E-state index is -1.03. The molecule has 2 aromatic rings. The first-order valence-corrected chi connectivity index (χ1v) is 11.9. The van der Waals surface area contributed by atoms with Crippen molar-refractivity contribution in [2.45, 2.75) is 51.9 Å². The Balaban J connectivity index is 1.67. The number of hydrogen-bond donors (Lipinski definition) is 2. The van der Waals surface area contributed by atoms with Gasteiger partial charge < -0.3 is 19.4 Å². The Morgan fingerprint density at radius 3 is 2.37 bits per heavy atom. The summed E-state index contributed by atoms with van der Waals surface area (Å²) < 4.78 is 5.87. The van der Waals surface area contributed by atoms with Crippen LogP contribution in [0.3, 0.4) is 0 Å². The second-order valence-electron chi connectivity index (χ2n) is 8.97. The molecule has 0 amide bonds. The number of aryl methyl sites for hydroxylation is 1. The average molecular weight is 473 g/mol. The van der Waals surface area contributed by atoms with Crippen LogP contribution in [0.15, 0.2) is 63.8 Å². The Kier molecular flexibility index (Phi) is 7.30. The summed E-state index contributed by atoms with van der Waals surface area (Å²) in [5.74, 6) is -0.465. The number of ketones is 1. The van der Waals surface area contributed by atoms with Crippen molar-refractivity contribution in [2.75, 3.05) is 0 Å². The molecule has 0 fully saturated rings. The van der Waals surface area contributed by atoms with Crippen LogP contribution in [-0.2, 0) is 11.2 Å². The quantitative estimate of drug-likeness (QED) is 0.203. The average Bonchev–Trinajstić information content (AvgIpc) is 2.81. The monoisotopic (exact) mass is 472 g/mol. The molecular weight excluding hydrogens is 444 g/mol. The fourth-order valence-electron chi connectivity index (χ4n) is 4.52. The van der Waals surface area contributed by atoms with Gasteiger partial charge in [0.2, 0.25) is 0 Å². The summed E-state index contributed by atoms with van der Waals surface area (Å²) in [6, 6.07) is 14.6. The maximum Gasteiger partial charge on any atom is 0.336 e. The maximum atomic E-state index is 12.3. The van der Waals surface area contributed by atoms with Crippen LogP contribution in [0.25, 0.3) is 33.4 Å². The van der Waals surface area contributed by atoms with E-state index in [1.54, 1.807) is 25.1 Å². The van der Waals surface area contributed by atoms with Gasteiger partial charge in [0.25, 0.3) is 0 Å². The van der Waals surface area contributed by atoms with Crippen molar-refractivity contribution in [3.63, 3.8) is 0 Å². The van der Waals surface area contributed by atoms with Crippen molar-refractivity contribution in [1.82, 2.24) is 0 Å². The van der Waals surface area contributed by atoms with Gasteiger partial charge >= 0.3 is 5.97 Å². The lowest BCUT2D eigenvalue weighted by Gasteiger charge is -2.17. The zero-order chi connectivity index (χ0) is 24.9. The third-order valence-electron chi connectivity index (χ3n) is 6.25. The first-order chi connectivity index (χ1) is 16.8. The van der Waals surface area contributed by atoms with Crippen LogP contribution in [-0.4, -0.2) is 22.0 Å². The number of carbonyl (C=O) groups excluding carboxylic acids is 1. The van der Waals surface area contributed by atoms with E-state index in [2.05, 4.69) is 0 Å². The fourth-order valence-corrected chi connectivity index (χ4v) is 4.52. The summed E-state index contributed by atoms with van der Waals surface area (Å²) in [5.41, 5.74) is 3.07. The summed E-state index contributed by atoms with van der Waals surface area (Å²) >= 11 is 0. The lowest BCUT2D eigenvalue weighted by Crippen LogP contribution is -2.04. The number of fused-ring (bicyclic) bond motifs is 2. The molecule has 0 bridgehead atoms. The van der Waals surface area contributed by atoms with Gasteiger partial charge in [0.1, 0.15) is 22.9 Å². The van der Waals surface area contributed by atoms with Crippen LogP contribution in [0.2, 0.25) is 0 Å². The second-order valence-corrected chi connectivity index (χ2v) is 8.97. The Hall–Kier alpha value is -3.93. The van der Waals surface area contributed by atoms with E-state index in [0.29, 0.717) is 39.8 Å². The zero-order valence-corrected chi connectivity index (χ0v) is 19.7. The number of carboxylic acids is 1. The molecule has 0 atom stereocenters. The lowest BCUT2D eigenvalue weighted by molar-refractivity contribution is -0.117. The van der Waals surface area contributed by atoms with Crippen molar-refractivity contribution in [1.29, 1.82) is 0 Å². The summed E-state index contributed by atoms with van der Waals surface area (Å²) in [6.45, 7) is 1.62. The highest BCUT2D eigenvalue weighted by atomic mass is 16.4. The molecule has 4 rings (SSSR count). The van der Waals surface area contributed by atoms with Gasteiger partial charge in [-0.2, -0.15) is 0 Å². The molecule has 1 aliphatic heterocycles. The van der Waals surface area contributed by atoms with Gasteiger partial charge in [0.15, 0.2) is 5.43 Å². The minimum Gasteiger partial charge on any atom is -0.508 e. The highest BCUT2D eigenvalue weighted by Crippen LogP contribution is 2.42. The highest BCUT2D eigenvalue weighted by Gasteiger charge is 2.22. The minimum absolute atomic E-state index is 0.0138. The number of phenolic OH excluding ortho intramolecular Hbond substituents is 1. The largest absolute Gasteiger partial charge is 0.508 e. The topological polar surface area (TPSA) is 105 Å². The van der Waals surface area contributed by atoms with E-state index in [-0.39, 0.29) is 22.5 Å². The van der Waals surface area contributed by atoms with E-state index in [1.165, 1.54) is 24.3 Å². The Bertz CT molecular complexity index is 1410. The van der Waals surface area contributed by atoms with Gasteiger partial charge in [-0.3, -0.25) is 4.79 Å². The number of carbonyl (C=O) groups is 2. The molecule has 6 heteroatoms. The van der Waals surface area contributed by atoms with E-state index >= 15 is 0 Å². The van der Waals surface area contributed by atoms with E-state index in [1.807, 2.05) is 12.1 Å². The Labute approximate surface area is 203 Å². The van der Waals surface area contributed by atoms with Gasteiger partial charge in [0, 0.05) is 35.1 Å². The summed E-state index contributed by atoms with van der Waals surface area (Å²) in [4.78, 5) is 35.3. The lowest BCUT2D eigenvalue weighted by atomic mass is 9.89. The van der Waals surface area contributed by atoms with Crippen LogP contribution in [0.1, 0.15) is 61.4 Å². The van der Waals surface area contributed by atoms with Gasteiger partial charge in [0.05, 0.1) is 5.56 Å². The number of benzene rings is 3. The Morgan fingerprint density at radius 1 is 0.857 bits per heavy atom. The van der Waals surface area contributed by atoms with Crippen LogP contribution in [0.5, 0.6) is 5.75 Å². The van der Waals surface area contributed by atoms with Gasteiger partial charge in [-0.05, 0) is 67.6 Å². The standard InChI is InChI=1S/C29H28O6/c1-18(30)7-5-3-2-4-6-8-19-9-12-22(25(15-19)29(33)34)28-23-13-10-20(31)16-26(23)35-27-17-21(32)11-14-24(27)28/h9-17,31H,2-8H2,1H3,(H,33,34). The molecule has 0 radical (unpaired) electrons. The van der Waals surface area contributed by atoms with Crippen molar-refractivity contribution in [3.05, 3.63) is 75.9 Å². The molecule has 1 aliphatic carbocycles. The second kappa shape index (κ2) is 10.6. The highest BCUT2D eigenvalue weighted by molar-refractivity contribution is 6.07. The van der Waals surface area contributed by atoms with Crippen LogP contribution < -0.4 is 5.43 Å². The maximum absolute atomic E-state index is 12.3. The molecule has 2 aliphatic rings. The SMILES string of the molecule is CC(=O)CCCCCCCc1ccc(-c2c3ccc(=O)cc-3oc3cc(O)ccc23)c(C(=O)O)c1. The molecule has 35 heavy (non-hydrogen) atoms. The number of aromatic carboxylic acids is 1. The van der Waals surface area contributed by atoms with Gasteiger partial charge in [-0.1, -0.05) is 31.4 Å². The van der Waals surface area contributed by atoms with Crippen LogP contribution >= 0.6 is 0 Å². The smallest absolute Gasteiger partial charge is 0.336 e. The molecule has 2 aromatic carbocycles. The zero-order valence-electron chi connectivity index (χ0n) is 19.7. The predicted octanol–water partition coefficient (Wildman–Crippen LogP) is 6.44. The predicted molar refractivity (Wildman–Crippen MR) is 135 cm³/mol. The summed E-state index contributed by atoms with van der Waals surface area (Å²) in [7, 11) is 0. The number of carboxylic acid groups (broad SMARTS) is 1. The molecule has 2 N–H and O–H groups in total. The van der Waals surface area contributed by atoms with Gasteiger partial charge in [-0.25, -0.2) is 4.79 Å². The molecule has 0 aromatic heterocycles. The number of hydrogen-bond acceptors (Lipinski definition) is 5. The Morgan fingerprint density at radius 2 is 1.60 bits per heavy atom. The van der Waals surface area contributed by atoms with E-state index in [4.69, 9.17) is 4.42 Å². The number of aromatic hydroxyl groups is 1. The van der Waals surface area contributed by atoms with Gasteiger partial charge in [-0.15, -0.1) is 0 Å². The van der Waals surface area contributed by atoms with Crippen molar-refractivity contribution >= 4 is 22.7 Å². The summed E-state index contributed by atoms with van der Waals surface area (Å²) in [6.07, 6.45) is 6.38. The molecule has 6 nitrogen and oxygen atoms in total. The molecule has 0 unspecified atom stereocenters. The van der Waals surface area contributed by atoms with E-state index < -0.39 is 5.97 Å². The van der Waals surface area contributed by atoms with Crippen molar-refractivity contribution < 1.29 is 24.2 Å². The van der Waals surface area contributed by atoms with Crippen molar-refractivity contribution in [2.24, 2.45) is 0 Å². The van der Waals surface area contributed by atoms with Crippen molar-refractivity contribution in [3.8, 4) is 28.2 Å². The summed E-state index contributed by atoms with van der Waals surface area (Å²) in [5, 5.41) is 20.6. The number of rotatable bonds is 10. The molecule has 0 spiro atoms. The van der Waals surface area contributed by atoms with Crippen LogP contribution in [0, 0.1) is 0 Å². The number of unbranched alkanes of at least 4 members (excludes halogenated alkanes) is 4. The molecule has 0 saturated carbocycles. The number of phenols is 1. The third-order valence-corrected chi connectivity index (χ3v) is 6.25. The van der Waals surface area contributed by atoms with E-state index in [9.17, 15) is 24.6 Å². The number of Topliss-reactive ketones (excluding diaryl/α,β-unsaturated/α-hetero) is 1. The molecular formula is C29H28O6. The molecule has 180 valence electrons. The van der Waals surface area contributed by atoms with Crippen LogP contribution in [0.4, 0.5) is 0 Å². The fraction of sp³-hybridized carbons (Fsp3) is 0.276.